The van der Waals surface area contributed by atoms with Gasteiger partial charge in [0.1, 0.15) is 23.8 Å². The maximum atomic E-state index is 11.5. The summed E-state index contributed by atoms with van der Waals surface area (Å²) in [5.74, 6) is 2.20. The Hall–Kier alpha value is -2.41. The standard InChI is InChI=1S/C26H29O3P.C8H13.CH3.Ni/c1-17-9-7-13-21(28-3)25(17)30(26-18(2)10-8-14-22(26)29-4)23-16-15-19-11-5-6-12-20(19)24(23)27;1-2-4-6-8-7-5-3-1;;/h7-10,13-16,27H,5-6,11-12H2,1-4H3;1-2,7H,3-6,8H2;1H3;/q;-1;+1;/p+1/b;2-1-;;. The maximum Gasteiger partial charge on any atom is 0.162 e. The van der Waals surface area contributed by atoms with E-state index in [4.69, 9.17) is 9.47 Å². The number of fused-ring (bicyclic) bond motifs is 1. The van der Waals surface area contributed by atoms with Crippen molar-refractivity contribution in [1.29, 1.82) is 0 Å². The van der Waals surface area contributed by atoms with Gasteiger partial charge in [0.05, 0.1) is 14.2 Å². The summed E-state index contributed by atoms with van der Waals surface area (Å²) in [6.45, 7) is 4.26. The second kappa shape index (κ2) is 16.8. The van der Waals surface area contributed by atoms with E-state index in [1.165, 1.54) is 65.8 Å². The second-order valence-corrected chi connectivity index (χ2v) is 12.5. The molecule has 3 nitrogen and oxygen atoms in total. The molecule has 2 aliphatic rings. The van der Waals surface area contributed by atoms with Crippen LogP contribution in [0.1, 0.15) is 67.2 Å². The Morgan fingerprint density at radius 3 is 1.98 bits per heavy atom. The number of allylic oxidation sites excluding steroid dienone is 2. The first-order valence-corrected chi connectivity index (χ1v) is 15.5. The van der Waals surface area contributed by atoms with Crippen molar-refractivity contribution >= 4 is 23.8 Å². The van der Waals surface area contributed by atoms with Crippen molar-refractivity contribution < 1.29 is 31.1 Å². The summed E-state index contributed by atoms with van der Waals surface area (Å²) in [5.41, 5.74) is 4.76. The van der Waals surface area contributed by atoms with E-state index in [-0.39, 0.29) is 23.9 Å². The van der Waals surface area contributed by atoms with Crippen molar-refractivity contribution in [2.45, 2.75) is 71.6 Å². The Labute approximate surface area is 254 Å². The predicted octanol–water partition coefficient (Wildman–Crippen LogP) is 7.55. The third-order valence-corrected chi connectivity index (χ3v) is 10.9. The molecule has 0 heterocycles. The van der Waals surface area contributed by atoms with Gasteiger partial charge in [-0.3, -0.25) is 0 Å². The SMILES string of the molecule is C1=C\CCC[CH-]CC/1.COc1cccc(C)c1[PH+](c1ccc2c(c1O)CCCC2)c1c(C)cccc1OC.[CH3+].[Ni]. The van der Waals surface area contributed by atoms with Crippen LogP contribution in [0.2, 0.25) is 0 Å². The number of hydrogen-bond acceptors (Lipinski definition) is 3. The van der Waals surface area contributed by atoms with Crippen LogP contribution >= 0.6 is 7.92 Å². The summed E-state index contributed by atoms with van der Waals surface area (Å²) in [6.07, 6.45) is 17.8. The summed E-state index contributed by atoms with van der Waals surface area (Å²) in [6, 6.07) is 16.7. The molecular formula is C35H46NiO3P+. The molecule has 0 aliphatic heterocycles. The van der Waals surface area contributed by atoms with Gasteiger partial charge in [-0.05, 0) is 80.8 Å². The van der Waals surface area contributed by atoms with Gasteiger partial charge in [-0.2, -0.15) is 12.8 Å². The number of phenolic OH excluding ortho intramolecular Hbond substituents is 1. The van der Waals surface area contributed by atoms with Crippen molar-refractivity contribution in [3.8, 4) is 17.2 Å². The number of aromatic hydroxyl groups is 1. The fourth-order valence-corrected chi connectivity index (χ4v) is 8.89. The third-order valence-electron chi connectivity index (χ3n) is 7.66. The van der Waals surface area contributed by atoms with E-state index in [0.29, 0.717) is 5.75 Å². The zero-order valence-electron chi connectivity index (χ0n) is 24.8. The fraction of sp³-hybridized carbons (Fsp3) is 0.371. The minimum atomic E-state index is -1.58. The van der Waals surface area contributed by atoms with Crippen LogP contribution in [0.4, 0.5) is 0 Å². The summed E-state index contributed by atoms with van der Waals surface area (Å²) in [5, 5.41) is 14.8. The number of rotatable bonds is 5. The second-order valence-electron chi connectivity index (χ2n) is 10.3. The molecule has 0 radical (unpaired) electrons. The van der Waals surface area contributed by atoms with Crippen LogP contribution in [0.15, 0.2) is 60.7 Å². The molecule has 0 amide bonds. The molecule has 0 saturated carbocycles. The van der Waals surface area contributed by atoms with Crippen LogP contribution in [0, 0.1) is 27.7 Å². The summed E-state index contributed by atoms with van der Waals surface area (Å²) >= 11 is 0. The topological polar surface area (TPSA) is 38.7 Å². The molecular weight excluding hydrogens is 558 g/mol. The first kappa shape index (κ1) is 33.8. The first-order valence-electron chi connectivity index (χ1n) is 14.0. The van der Waals surface area contributed by atoms with Gasteiger partial charge in [0.15, 0.2) is 17.2 Å². The Morgan fingerprint density at radius 1 is 0.750 bits per heavy atom. The zero-order chi connectivity index (χ0) is 26.9. The van der Waals surface area contributed by atoms with Crippen molar-refractivity contribution in [2.75, 3.05) is 14.2 Å². The molecule has 0 bridgehead atoms. The van der Waals surface area contributed by atoms with E-state index in [1.54, 1.807) is 14.2 Å². The predicted molar refractivity (Wildman–Crippen MR) is 170 cm³/mol. The van der Waals surface area contributed by atoms with E-state index in [2.05, 4.69) is 56.7 Å². The van der Waals surface area contributed by atoms with Gasteiger partial charge in [0.2, 0.25) is 0 Å². The summed E-state index contributed by atoms with van der Waals surface area (Å²) in [4.78, 5) is 0. The van der Waals surface area contributed by atoms with Crippen molar-refractivity contribution in [2.24, 2.45) is 0 Å². The monoisotopic (exact) mass is 603 g/mol. The molecule has 0 aromatic heterocycles. The molecule has 1 N–H and O–H groups in total. The average Bonchev–Trinajstić information content (AvgIpc) is 2.91. The molecule has 2 aliphatic carbocycles. The number of methoxy groups -OCH3 is 2. The van der Waals surface area contributed by atoms with Crippen molar-refractivity contribution in [3.05, 3.63) is 96.8 Å². The van der Waals surface area contributed by atoms with Crippen LogP contribution in [0.25, 0.3) is 0 Å². The van der Waals surface area contributed by atoms with Gasteiger partial charge in [0, 0.05) is 29.5 Å². The first-order chi connectivity index (χ1) is 18.6. The molecule has 3 aromatic rings. The molecule has 5 rings (SSSR count). The minimum absolute atomic E-state index is 0. The number of ether oxygens (including phenoxy) is 2. The normalized spacial score (nSPS) is 15.1. The Balaban J connectivity index is 0.000000485. The van der Waals surface area contributed by atoms with E-state index in [9.17, 15) is 5.11 Å². The van der Waals surface area contributed by atoms with E-state index in [0.717, 1.165) is 41.6 Å². The van der Waals surface area contributed by atoms with Gasteiger partial charge in [-0.25, -0.2) is 0 Å². The average molecular weight is 604 g/mol. The van der Waals surface area contributed by atoms with Gasteiger partial charge < -0.3 is 21.0 Å². The molecule has 0 saturated heterocycles. The van der Waals surface area contributed by atoms with Crippen molar-refractivity contribution in [1.82, 2.24) is 0 Å². The Morgan fingerprint density at radius 2 is 1.35 bits per heavy atom. The zero-order valence-corrected chi connectivity index (χ0v) is 26.8. The van der Waals surface area contributed by atoms with E-state index in [1.807, 2.05) is 24.3 Å². The van der Waals surface area contributed by atoms with Crippen LogP contribution < -0.4 is 25.4 Å². The maximum absolute atomic E-state index is 11.5. The van der Waals surface area contributed by atoms with Gasteiger partial charge in [0.25, 0.3) is 0 Å². The molecule has 0 atom stereocenters. The van der Waals surface area contributed by atoms with E-state index >= 15 is 0 Å². The largest absolute Gasteiger partial charge is 0.504 e. The molecule has 0 unspecified atom stereocenters. The smallest absolute Gasteiger partial charge is 0.162 e. The molecule has 218 valence electrons. The number of phenols is 1. The van der Waals surface area contributed by atoms with Crippen LogP contribution in [-0.4, -0.2) is 19.3 Å². The number of benzene rings is 3. The van der Waals surface area contributed by atoms with Crippen LogP contribution in [0.5, 0.6) is 17.2 Å². The van der Waals surface area contributed by atoms with Crippen molar-refractivity contribution in [3.63, 3.8) is 0 Å². The molecule has 40 heavy (non-hydrogen) atoms. The van der Waals surface area contributed by atoms with Gasteiger partial charge >= 0.3 is 0 Å². The molecule has 5 heteroatoms. The third kappa shape index (κ3) is 7.86. The van der Waals surface area contributed by atoms with Crippen LogP contribution in [0.3, 0.4) is 0 Å². The van der Waals surface area contributed by atoms with Crippen LogP contribution in [-0.2, 0) is 29.3 Å². The molecule has 0 fully saturated rings. The molecule has 0 spiro atoms. The Bertz CT molecular complexity index is 1190. The van der Waals surface area contributed by atoms with Gasteiger partial charge in [-0.1, -0.05) is 55.3 Å². The fourth-order valence-electron chi connectivity index (χ4n) is 5.64. The quantitative estimate of drug-likeness (QED) is 0.142. The summed E-state index contributed by atoms with van der Waals surface area (Å²) < 4.78 is 11.6. The van der Waals surface area contributed by atoms with Gasteiger partial charge in [-0.15, -0.1) is 0 Å². The molecule has 3 aromatic carbocycles. The number of aryl methyl sites for hydroxylation is 3. The Kier molecular flexibility index (Phi) is 14.2. The summed E-state index contributed by atoms with van der Waals surface area (Å²) in [7, 11) is 1.86. The van der Waals surface area contributed by atoms with E-state index < -0.39 is 7.92 Å². The number of hydrogen-bond donors (Lipinski definition) is 1. The minimum Gasteiger partial charge on any atom is -0.504 e.